The van der Waals surface area contributed by atoms with Crippen LogP contribution in [0, 0.1) is 0 Å². The first-order valence-electron chi connectivity index (χ1n) is 13.7. The predicted octanol–water partition coefficient (Wildman–Crippen LogP) is 4.74. The van der Waals surface area contributed by atoms with Gasteiger partial charge in [0.2, 0.25) is 5.95 Å². The van der Waals surface area contributed by atoms with Crippen molar-refractivity contribution < 1.29 is 45.0 Å². The van der Waals surface area contributed by atoms with E-state index < -0.39 is 52.8 Å². The van der Waals surface area contributed by atoms with Crippen LogP contribution in [0.1, 0.15) is 58.8 Å². The Morgan fingerprint density at radius 1 is 1.07 bits per heavy atom. The lowest BCUT2D eigenvalue weighted by Crippen LogP contribution is -2.46. The molecule has 3 atom stereocenters. The van der Waals surface area contributed by atoms with Crippen molar-refractivity contribution >= 4 is 21.7 Å². The molecule has 1 saturated heterocycles. The van der Waals surface area contributed by atoms with Gasteiger partial charge in [0.05, 0.1) is 47.1 Å². The topological polar surface area (TPSA) is 122 Å². The average molecular weight is 643 g/mol. The maximum absolute atomic E-state index is 13.0. The Bertz CT molecular complexity index is 1510. The fraction of sp³-hybridized carbons (Fsp3) is 0.414. The molecule has 1 aliphatic rings. The van der Waals surface area contributed by atoms with E-state index in [4.69, 9.17) is 0 Å². The molecular weight excluding hydrogens is 611 g/mol. The summed E-state index contributed by atoms with van der Waals surface area (Å²) in [7, 11) is -3.42. The highest BCUT2D eigenvalue weighted by molar-refractivity contribution is 7.91. The number of aliphatic hydroxyl groups is 1. The zero-order valence-corrected chi connectivity index (χ0v) is 24.4. The quantitative estimate of drug-likeness (QED) is 0.288. The molecule has 1 amide bonds. The molecular formula is C29H31F5N4O5S. The maximum atomic E-state index is 13.0. The van der Waals surface area contributed by atoms with Crippen LogP contribution in [0.5, 0.6) is 0 Å². The fourth-order valence-electron chi connectivity index (χ4n) is 4.98. The summed E-state index contributed by atoms with van der Waals surface area (Å²) in [6, 6.07) is 9.15. The lowest BCUT2D eigenvalue weighted by Gasteiger charge is -2.39. The molecule has 4 rings (SSSR count). The zero-order chi connectivity index (χ0) is 32.1. The lowest BCUT2D eigenvalue weighted by atomic mass is 9.87. The number of nitrogens with zero attached hydrogens (tertiary/aromatic N) is 3. The second-order valence-corrected chi connectivity index (χ2v) is 12.5. The summed E-state index contributed by atoms with van der Waals surface area (Å²) < 4.78 is 93.4. The number of aromatic nitrogens is 2. The van der Waals surface area contributed by atoms with Crippen LogP contribution in [0.4, 0.5) is 27.9 Å². The maximum Gasteiger partial charge on any atom is 0.416 e. The third-order valence-electron chi connectivity index (χ3n) is 7.50. The average Bonchev–Trinajstić information content (AvgIpc) is 3.02. The first-order valence-corrected chi connectivity index (χ1v) is 15.4. The van der Waals surface area contributed by atoms with Gasteiger partial charge in [0.25, 0.3) is 5.91 Å². The molecule has 9 nitrogen and oxygen atoms in total. The monoisotopic (exact) mass is 642 g/mol. The van der Waals surface area contributed by atoms with Crippen LogP contribution >= 0.6 is 0 Å². The van der Waals surface area contributed by atoms with Gasteiger partial charge in [0.15, 0.2) is 9.84 Å². The minimum atomic E-state index is -4.48. The first kappa shape index (κ1) is 33.2. The van der Waals surface area contributed by atoms with Crippen LogP contribution in [0.2, 0.25) is 0 Å². The van der Waals surface area contributed by atoms with E-state index in [0.29, 0.717) is 24.0 Å². The second kappa shape index (κ2) is 13.9. The van der Waals surface area contributed by atoms with Gasteiger partial charge in [-0.3, -0.25) is 4.79 Å². The summed E-state index contributed by atoms with van der Waals surface area (Å²) in [4.78, 5) is 23.2. The largest absolute Gasteiger partial charge is 0.416 e. The molecule has 0 unspecified atom stereocenters. The van der Waals surface area contributed by atoms with Crippen molar-refractivity contribution in [2.24, 2.45) is 0 Å². The molecule has 1 fully saturated rings. The summed E-state index contributed by atoms with van der Waals surface area (Å²) in [5.41, 5.74) is 0.369. The number of piperidine rings is 1. The van der Waals surface area contributed by atoms with Crippen molar-refractivity contribution in [1.29, 1.82) is 0 Å². The van der Waals surface area contributed by atoms with E-state index in [9.17, 15) is 40.3 Å². The van der Waals surface area contributed by atoms with Crippen molar-refractivity contribution in [3.63, 3.8) is 0 Å². The molecule has 238 valence electrons. The van der Waals surface area contributed by atoms with Gasteiger partial charge < -0.3 is 20.1 Å². The molecule has 2 heterocycles. The number of sulfone groups is 1. The highest BCUT2D eigenvalue weighted by Gasteiger charge is 2.34. The third kappa shape index (κ3) is 8.07. The number of halogens is 5. The normalized spacial score (nSPS) is 18.3. The van der Waals surface area contributed by atoms with Crippen LogP contribution in [-0.2, 0) is 20.8 Å². The molecule has 0 aliphatic carbocycles. The van der Waals surface area contributed by atoms with E-state index in [1.54, 1.807) is 4.90 Å². The van der Waals surface area contributed by atoms with Crippen LogP contribution in [0.15, 0.2) is 65.8 Å². The summed E-state index contributed by atoms with van der Waals surface area (Å²) in [5.74, 6) is -0.821. The van der Waals surface area contributed by atoms with E-state index in [1.807, 2.05) is 0 Å². The Kier molecular flexibility index (Phi) is 10.5. The molecule has 0 radical (unpaired) electrons. The van der Waals surface area contributed by atoms with Gasteiger partial charge in [-0.2, -0.15) is 22.0 Å². The molecule has 2 N–H and O–H groups in total. The number of nitrogens with one attached hydrogen (secondary N) is 1. The third-order valence-corrected chi connectivity index (χ3v) is 9.25. The van der Waals surface area contributed by atoms with Gasteiger partial charge in [-0.05, 0) is 48.2 Å². The fourth-order valence-corrected chi connectivity index (χ4v) is 5.87. The van der Waals surface area contributed by atoms with E-state index in [1.165, 1.54) is 55.7 Å². The van der Waals surface area contributed by atoms with Crippen molar-refractivity contribution in [2.75, 3.05) is 30.4 Å². The SMILES string of the molecule is CCS(=O)(=O)c1ccc([C@H](CO)NC(=O)c2cnc(N3C[C@@H](c4ccc(C(F)(F)F)cc4)CC[C@@H]3COC(F)F)nc2)cc1. The number of aliphatic hydroxyl groups excluding tert-OH is 1. The molecule has 1 aliphatic heterocycles. The Morgan fingerprint density at radius 2 is 1.70 bits per heavy atom. The van der Waals surface area contributed by atoms with Crippen LogP contribution in [0.3, 0.4) is 0 Å². The van der Waals surface area contributed by atoms with Gasteiger partial charge >= 0.3 is 12.8 Å². The van der Waals surface area contributed by atoms with Crippen LogP contribution < -0.4 is 10.2 Å². The summed E-state index contributed by atoms with van der Waals surface area (Å²) in [6.45, 7) is -2.07. The van der Waals surface area contributed by atoms with Crippen LogP contribution in [0.25, 0.3) is 0 Å². The van der Waals surface area contributed by atoms with Gasteiger partial charge in [-0.1, -0.05) is 31.2 Å². The number of hydrogen-bond acceptors (Lipinski definition) is 8. The van der Waals surface area contributed by atoms with Crippen LogP contribution in [-0.4, -0.2) is 67.6 Å². The number of benzene rings is 2. The number of carbonyl (C=O) groups is 1. The van der Waals surface area contributed by atoms with Crippen molar-refractivity contribution in [1.82, 2.24) is 15.3 Å². The minimum absolute atomic E-state index is 0.0362. The van der Waals surface area contributed by atoms with Crippen molar-refractivity contribution in [2.45, 2.75) is 55.5 Å². The number of anilines is 1. The number of carbonyl (C=O) groups excluding carboxylic acids is 1. The number of ether oxygens (including phenoxy) is 1. The molecule has 15 heteroatoms. The van der Waals surface area contributed by atoms with Crippen molar-refractivity contribution in [3.8, 4) is 0 Å². The smallest absolute Gasteiger partial charge is 0.394 e. The number of alkyl halides is 5. The minimum Gasteiger partial charge on any atom is -0.394 e. The Morgan fingerprint density at radius 3 is 2.25 bits per heavy atom. The van der Waals surface area contributed by atoms with E-state index in [-0.39, 0.29) is 41.2 Å². The van der Waals surface area contributed by atoms with Crippen molar-refractivity contribution in [3.05, 3.63) is 83.2 Å². The summed E-state index contributed by atoms with van der Waals surface area (Å²) in [5, 5.41) is 12.5. The van der Waals surface area contributed by atoms with Gasteiger partial charge in [0, 0.05) is 24.9 Å². The molecule has 1 aromatic heterocycles. The Labute approximate surface area is 251 Å². The molecule has 44 heavy (non-hydrogen) atoms. The molecule has 0 bridgehead atoms. The van der Waals surface area contributed by atoms with E-state index in [2.05, 4.69) is 20.0 Å². The summed E-state index contributed by atoms with van der Waals surface area (Å²) >= 11 is 0. The Hall–Kier alpha value is -3.69. The predicted molar refractivity (Wildman–Crippen MR) is 150 cm³/mol. The first-order chi connectivity index (χ1) is 20.8. The standard InChI is InChI=1S/C29H31F5N4O5S/c1-2-44(41,42)24-11-6-19(7-12-24)25(16-39)37-26(40)21-13-35-28(36-14-21)38-15-20(5-10-23(38)17-43-27(30)31)18-3-8-22(9-4-18)29(32,33)34/h3-4,6-9,11-14,20,23,25,27,39H,2,5,10,15-17H2,1H3,(H,37,40)/t20-,23+,25-/m0/s1. The number of amides is 1. The molecule has 3 aromatic rings. The van der Waals surface area contributed by atoms with Gasteiger partial charge in [0.1, 0.15) is 0 Å². The second-order valence-electron chi connectivity index (χ2n) is 10.2. The molecule has 0 spiro atoms. The van der Waals surface area contributed by atoms with E-state index >= 15 is 0 Å². The highest BCUT2D eigenvalue weighted by atomic mass is 32.2. The van der Waals surface area contributed by atoms with Gasteiger partial charge in [-0.15, -0.1) is 0 Å². The number of hydrogen-bond donors (Lipinski definition) is 2. The highest BCUT2D eigenvalue weighted by Crippen LogP contribution is 2.35. The zero-order valence-electron chi connectivity index (χ0n) is 23.5. The molecule has 2 aromatic carbocycles. The lowest BCUT2D eigenvalue weighted by molar-refractivity contribution is -0.137. The van der Waals surface area contributed by atoms with Gasteiger partial charge in [-0.25, -0.2) is 18.4 Å². The van der Waals surface area contributed by atoms with E-state index in [0.717, 1.165) is 12.1 Å². The Balaban J connectivity index is 1.49. The summed E-state index contributed by atoms with van der Waals surface area (Å²) in [6.07, 6.45) is -1.13. The molecule has 0 saturated carbocycles. The number of rotatable bonds is 11.